The molecule has 0 aromatic heterocycles. The molecule has 0 aliphatic carbocycles. The van der Waals surface area contributed by atoms with E-state index in [0.29, 0.717) is 6.42 Å². The van der Waals surface area contributed by atoms with Gasteiger partial charge in [0, 0.05) is 18.0 Å². The van der Waals surface area contributed by atoms with E-state index in [4.69, 9.17) is 6.42 Å². The first kappa shape index (κ1) is 10.7. The predicted molar refractivity (Wildman–Crippen MR) is 51.6 cm³/mol. The van der Waals surface area contributed by atoms with Crippen LogP contribution < -0.4 is 5.32 Å². The summed E-state index contributed by atoms with van der Waals surface area (Å²) in [5.74, 6) is 1.51. The lowest BCUT2D eigenvalue weighted by Crippen LogP contribution is -2.17. The van der Waals surface area contributed by atoms with Crippen LogP contribution >= 0.6 is 0 Å². The van der Waals surface area contributed by atoms with Gasteiger partial charge < -0.3 is 5.32 Å². The third kappa shape index (κ3) is 2.30. The van der Waals surface area contributed by atoms with Crippen molar-refractivity contribution in [2.24, 2.45) is 0 Å². The van der Waals surface area contributed by atoms with Gasteiger partial charge >= 0.3 is 0 Å². The van der Waals surface area contributed by atoms with Gasteiger partial charge in [0.2, 0.25) is 0 Å². The minimum Gasteiger partial charge on any atom is -0.312 e. The summed E-state index contributed by atoms with van der Waals surface area (Å²) in [4.78, 5) is 0. The lowest BCUT2D eigenvalue weighted by molar-refractivity contribution is 0.531. The van der Waals surface area contributed by atoms with Crippen LogP contribution in [0, 0.1) is 24.0 Å². The van der Waals surface area contributed by atoms with Crippen molar-refractivity contribution in [1.82, 2.24) is 5.32 Å². The van der Waals surface area contributed by atoms with E-state index in [-0.39, 0.29) is 11.6 Å². The molecule has 3 heteroatoms. The topological polar surface area (TPSA) is 12.0 Å². The second-order valence-electron chi connectivity index (χ2n) is 2.92. The van der Waals surface area contributed by atoms with E-state index in [1.807, 2.05) is 0 Å². The normalized spacial score (nSPS) is 12.1. The van der Waals surface area contributed by atoms with Crippen LogP contribution in [0.3, 0.4) is 0 Å². The summed E-state index contributed by atoms with van der Waals surface area (Å²) in [6, 6.07) is 3.01. The van der Waals surface area contributed by atoms with Gasteiger partial charge in [0.25, 0.3) is 0 Å². The molecule has 1 atom stereocenters. The lowest BCUT2D eigenvalue weighted by atomic mass is 10.0. The second-order valence-corrected chi connectivity index (χ2v) is 2.92. The van der Waals surface area contributed by atoms with Gasteiger partial charge in [-0.15, -0.1) is 12.3 Å². The highest BCUT2D eigenvalue weighted by Gasteiger charge is 2.13. The number of nitrogens with one attached hydrogen (secondary N) is 1. The molecule has 0 bridgehead atoms. The van der Waals surface area contributed by atoms with Gasteiger partial charge in [-0.25, -0.2) is 8.78 Å². The molecule has 1 nitrogen and oxygen atoms in total. The van der Waals surface area contributed by atoms with E-state index < -0.39 is 11.6 Å². The van der Waals surface area contributed by atoms with Crippen LogP contribution in [-0.4, -0.2) is 7.05 Å². The SMILES string of the molecule is C#CCC(NC)c1cc(F)ccc1F. The highest BCUT2D eigenvalue weighted by Crippen LogP contribution is 2.20. The van der Waals surface area contributed by atoms with Gasteiger partial charge in [0.05, 0.1) is 0 Å². The molecule has 1 N–H and O–H groups in total. The zero-order chi connectivity index (χ0) is 10.6. The van der Waals surface area contributed by atoms with Crippen LogP contribution in [-0.2, 0) is 0 Å². The Labute approximate surface area is 82.1 Å². The van der Waals surface area contributed by atoms with Crippen molar-refractivity contribution in [2.75, 3.05) is 7.05 Å². The second kappa shape index (κ2) is 4.73. The molecule has 1 rings (SSSR count). The van der Waals surface area contributed by atoms with Crippen molar-refractivity contribution in [3.05, 3.63) is 35.4 Å². The lowest BCUT2D eigenvalue weighted by Gasteiger charge is -2.14. The Kier molecular flexibility index (Phi) is 3.61. The van der Waals surface area contributed by atoms with Crippen molar-refractivity contribution >= 4 is 0 Å². The summed E-state index contributed by atoms with van der Waals surface area (Å²) in [6.07, 6.45) is 5.45. The number of hydrogen-bond acceptors (Lipinski definition) is 1. The molecule has 0 saturated carbocycles. The van der Waals surface area contributed by atoms with Gasteiger partial charge in [-0.3, -0.25) is 0 Å². The fourth-order valence-electron chi connectivity index (χ4n) is 1.27. The molecule has 0 amide bonds. The first-order chi connectivity index (χ1) is 6.69. The maximum atomic E-state index is 13.3. The molecule has 14 heavy (non-hydrogen) atoms. The summed E-state index contributed by atoms with van der Waals surface area (Å²) < 4.78 is 26.1. The Morgan fingerprint density at radius 2 is 2.21 bits per heavy atom. The van der Waals surface area contributed by atoms with Crippen LogP contribution in [0.15, 0.2) is 18.2 Å². The Balaban J connectivity index is 3.03. The first-order valence-electron chi connectivity index (χ1n) is 4.24. The molecular formula is C11H11F2N. The van der Waals surface area contributed by atoms with Crippen LogP contribution in [0.2, 0.25) is 0 Å². The number of benzene rings is 1. The zero-order valence-electron chi connectivity index (χ0n) is 7.85. The zero-order valence-corrected chi connectivity index (χ0v) is 7.85. The highest BCUT2D eigenvalue weighted by molar-refractivity contribution is 5.23. The molecule has 0 aliphatic rings. The molecule has 0 fully saturated rings. The van der Waals surface area contributed by atoms with Gasteiger partial charge in [0.1, 0.15) is 11.6 Å². The maximum absolute atomic E-state index is 13.3. The minimum absolute atomic E-state index is 0.269. The van der Waals surface area contributed by atoms with Gasteiger partial charge in [-0.2, -0.15) is 0 Å². The fraction of sp³-hybridized carbons (Fsp3) is 0.273. The van der Waals surface area contributed by atoms with Crippen molar-refractivity contribution in [3.63, 3.8) is 0 Å². The molecule has 0 saturated heterocycles. The Morgan fingerprint density at radius 1 is 1.50 bits per heavy atom. The van der Waals surface area contributed by atoms with E-state index in [0.717, 1.165) is 18.2 Å². The summed E-state index contributed by atoms with van der Waals surface area (Å²) in [5.41, 5.74) is 0.269. The fourth-order valence-corrected chi connectivity index (χ4v) is 1.27. The number of terminal acetylenes is 1. The predicted octanol–water partition coefficient (Wildman–Crippen LogP) is 2.25. The average Bonchev–Trinajstić information content (AvgIpc) is 2.18. The summed E-state index contributed by atoms with van der Waals surface area (Å²) in [7, 11) is 1.66. The van der Waals surface area contributed by atoms with Gasteiger partial charge in [-0.05, 0) is 25.2 Å². The molecule has 1 aromatic carbocycles. The summed E-state index contributed by atoms with van der Waals surface area (Å²) >= 11 is 0. The van der Waals surface area contributed by atoms with Crippen molar-refractivity contribution in [3.8, 4) is 12.3 Å². The summed E-state index contributed by atoms with van der Waals surface area (Å²) in [6.45, 7) is 0. The molecule has 74 valence electrons. The molecule has 1 unspecified atom stereocenters. The smallest absolute Gasteiger partial charge is 0.128 e. The van der Waals surface area contributed by atoms with Gasteiger partial charge in [-0.1, -0.05) is 0 Å². The quantitative estimate of drug-likeness (QED) is 0.729. The monoisotopic (exact) mass is 195 g/mol. The standard InChI is InChI=1S/C11H11F2N/c1-3-4-11(14-2)9-7-8(12)5-6-10(9)13/h1,5-7,11,14H,4H2,2H3. The maximum Gasteiger partial charge on any atom is 0.128 e. The van der Waals surface area contributed by atoms with E-state index in [1.165, 1.54) is 0 Å². The van der Waals surface area contributed by atoms with Crippen LogP contribution in [0.1, 0.15) is 18.0 Å². The first-order valence-corrected chi connectivity index (χ1v) is 4.24. The minimum atomic E-state index is -0.460. The van der Waals surface area contributed by atoms with E-state index in [1.54, 1.807) is 7.05 Å². The van der Waals surface area contributed by atoms with Crippen molar-refractivity contribution in [1.29, 1.82) is 0 Å². The molecule has 0 spiro atoms. The number of hydrogen-bond donors (Lipinski definition) is 1. The van der Waals surface area contributed by atoms with Crippen LogP contribution in [0.4, 0.5) is 8.78 Å². The van der Waals surface area contributed by atoms with Crippen LogP contribution in [0.25, 0.3) is 0 Å². The Morgan fingerprint density at radius 3 is 2.79 bits per heavy atom. The third-order valence-electron chi connectivity index (χ3n) is 2.00. The molecular weight excluding hydrogens is 184 g/mol. The summed E-state index contributed by atoms with van der Waals surface area (Å²) in [5, 5.41) is 2.84. The Bertz CT molecular complexity index is 355. The third-order valence-corrected chi connectivity index (χ3v) is 2.00. The molecule has 0 heterocycles. The molecule has 0 aliphatic heterocycles. The van der Waals surface area contributed by atoms with Gasteiger partial charge in [0.15, 0.2) is 0 Å². The molecule has 1 aromatic rings. The van der Waals surface area contributed by atoms with Crippen LogP contribution in [0.5, 0.6) is 0 Å². The average molecular weight is 195 g/mol. The number of rotatable bonds is 3. The largest absolute Gasteiger partial charge is 0.312 e. The highest BCUT2D eigenvalue weighted by atomic mass is 19.1. The van der Waals surface area contributed by atoms with E-state index >= 15 is 0 Å². The molecule has 0 radical (unpaired) electrons. The Hall–Kier alpha value is -1.40. The van der Waals surface area contributed by atoms with E-state index in [9.17, 15) is 8.78 Å². The van der Waals surface area contributed by atoms with Crippen molar-refractivity contribution in [2.45, 2.75) is 12.5 Å². The van der Waals surface area contributed by atoms with E-state index in [2.05, 4.69) is 11.2 Å². The van der Waals surface area contributed by atoms with Crippen molar-refractivity contribution < 1.29 is 8.78 Å². The number of halogens is 2.